The van der Waals surface area contributed by atoms with Gasteiger partial charge in [0.05, 0.1) is 4.91 Å². The predicted molar refractivity (Wildman–Crippen MR) is 101 cm³/mol. The Bertz CT molecular complexity index is 872. The number of hydrogen-bond donors (Lipinski definition) is 1. The predicted octanol–water partition coefficient (Wildman–Crippen LogP) is 3.13. The molecule has 2 amide bonds. The first-order chi connectivity index (χ1) is 11.9. The van der Waals surface area contributed by atoms with Crippen molar-refractivity contribution < 1.29 is 14.1 Å². The first-order valence-electron chi connectivity index (χ1n) is 7.47. The lowest BCUT2D eigenvalue weighted by atomic mass is 10.1. The number of nitrogens with zero attached hydrogens (tertiary/aromatic N) is 2. The van der Waals surface area contributed by atoms with Gasteiger partial charge in [0.15, 0.2) is 5.82 Å². The zero-order valence-corrected chi connectivity index (χ0v) is 15.2. The van der Waals surface area contributed by atoms with Crippen LogP contribution in [0.15, 0.2) is 39.8 Å². The van der Waals surface area contributed by atoms with Gasteiger partial charge >= 0.3 is 0 Å². The summed E-state index contributed by atoms with van der Waals surface area (Å²) in [4.78, 5) is 26.4. The summed E-state index contributed by atoms with van der Waals surface area (Å²) in [6.07, 6.45) is 1.78. The Morgan fingerprint density at radius 3 is 2.72 bits per heavy atom. The molecule has 0 atom stereocenters. The number of carbonyl (C=O) groups is 2. The molecular formula is C17H15N3O3S2. The molecule has 25 heavy (non-hydrogen) atoms. The maximum atomic E-state index is 12.5. The lowest BCUT2D eigenvalue weighted by molar-refractivity contribution is -0.126. The van der Waals surface area contributed by atoms with E-state index in [0.717, 1.165) is 11.1 Å². The molecule has 2 aromatic rings. The smallest absolute Gasteiger partial charge is 0.266 e. The van der Waals surface area contributed by atoms with Crippen molar-refractivity contribution in [1.82, 2.24) is 10.1 Å². The van der Waals surface area contributed by atoms with Crippen LogP contribution in [0, 0.1) is 13.8 Å². The van der Waals surface area contributed by atoms with Crippen molar-refractivity contribution in [2.75, 3.05) is 11.9 Å². The fourth-order valence-corrected chi connectivity index (χ4v) is 3.46. The number of anilines is 1. The van der Waals surface area contributed by atoms with Crippen LogP contribution in [0.1, 0.15) is 16.9 Å². The third-order valence-electron chi connectivity index (χ3n) is 3.45. The fraction of sp³-hybridized carbons (Fsp3) is 0.176. The molecule has 1 aromatic heterocycles. The highest BCUT2D eigenvalue weighted by Crippen LogP contribution is 2.32. The summed E-state index contributed by atoms with van der Waals surface area (Å²) >= 11 is 6.42. The van der Waals surface area contributed by atoms with Gasteiger partial charge in [-0.3, -0.25) is 14.5 Å². The van der Waals surface area contributed by atoms with E-state index in [1.54, 1.807) is 19.1 Å². The number of carbonyl (C=O) groups excluding carboxylic acids is 2. The van der Waals surface area contributed by atoms with E-state index in [2.05, 4.69) is 10.5 Å². The maximum absolute atomic E-state index is 12.5. The zero-order valence-electron chi connectivity index (χ0n) is 13.6. The van der Waals surface area contributed by atoms with Crippen molar-refractivity contribution in [1.29, 1.82) is 0 Å². The van der Waals surface area contributed by atoms with Crippen molar-refractivity contribution in [2.45, 2.75) is 13.8 Å². The molecule has 0 aliphatic carbocycles. The largest absolute Gasteiger partial charge is 0.360 e. The number of nitrogens with one attached hydrogen (secondary N) is 1. The van der Waals surface area contributed by atoms with Gasteiger partial charge in [-0.25, -0.2) is 0 Å². The molecule has 0 radical (unpaired) electrons. The van der Waals surface area contributed by atoms with Crippen LogP contribution in [0.25, 0.3) is 6.08 Å². The molecule has 0 saturated carbocycles. The third-order valence-corrected chi connectivity index (χ3v) is 4.82. The molecule has 3 rings (SSSR count). The summed E-state index contributed by atoms with van der Waals surface area (Å²) in [5.74, 6) is 0.230. The fourth-order valence-electron chi connectivity index (χ4n) is 2.20. The molecule has 1 aliphatic rings. The van der Waals surface area contributed by atoms with Gasteiger partial charge in [0.1, 0.15) is 16.6 Å². The molecule has 1 saturated heterocycles. The highest BCUT2D eigenvalue weighted by Gasteiger charge is 2.33. The number of benzene rings is 1. The molecule has 0 bridgehead atoms. The molecule has 2 heterocycles. The average Bonchev–Trinajstić information content (AvgIpc) is 3.08. The lowest BCUT2D eigenvalue weighted by Crippen LogP contribution is -2.36. The van der Waals surface area contributed by atoms with E-state index < -0.39 is 0 Å². The summed E-state index contributed by atoms with van der Waals surface area (Å²) in [5, 5.41) is 6.26. The molecule has 1 fully saturated rings. The summed E-state index contributed by atoms with van der Waals surface area (Å²) in [5.41, 5.74) is 2.05. The highest BCUT2D eigenvalue weighted by molar-refractivity contribution is 8.26. The van der Waals surface area contributed by atoms with E-state index >= 15 is 0 Å². The third kappa shape index (κ3) is 4.15. The quantitative estimate of drug-likeness (QED) is 0.655. The molecule has 0 spiro atoms. The maximum Gasteiger partial charge on any atom is 0.266 e. The van der Waals surface area contributed by atoms with E-state index in [-0.39, 0.29) is 18.4 Å². The van der Waals surface area contributed by atoms with Gasteiger partial charge in [0.2, 0.25) is 5.91 Å². The number of thioether (sulfide) groups is 1. The van der Waals surface area contributed by atoms with E-state index in [4.69, 9.17) is 16.7 Å². The van der Waals surface area contributed by atoms with Crippen LogP contribution in [0.5, 0.6) is 0 Å². The van der Waals surface area contributed by atoms with Gasteiger partial charge < -0.3 is 9.84 Å². The Kier molecular flexibility index (Phi) is 5.00. The number of aryl methyl sites for hydroxylation is 2. The van der Waals surface area contributed by atoms with Gasteiger partial charge in [0.25, 0.3) is 5.91 Å². The Labute approximate surface area is 154 Å². The molecule has 0 unspecified atom stereocenters. The zero-order chi connectivity index (χ0) is 18.0. The van der Waals surface area contributed by atoms with Crippen LogP contribution in [0.2, 0.25) is 0 Å². The van der Waals surface area contributed by atoms with E-state index in [0.29, 0.717) is 20.8 Å². The Morgan fingerprint density at radius 1 is 1.36 bits per heavy atom. The van der Waals surface area contributed by atoms with Gasteiger partial charge in [-0.15, -0.1) is 0 Å². The van der Waals surface area contributed by atoms with Crippen LogP contribution in [-0.2, 0) is 9.59 Å². The Hall–Kier alpha value is -2.45. The standard InChI is InChI=1S/C17H15N3O3S2/c1-10-3-5-12(6-4-10)8-13-16(22)20(17(24)25-13)9-15(21)18-14-7-11(2)23-19-14/h3-8H,9H2,1-2H3,(H,18,19,21). The number of rotatable bonds is 4. The number of hydrogen-bond acceptors (Lipinski definition) is 6. The second-order valence-electron chi connectivity index (χ2n) is 5.55. The summed E-state index contributed by atoms with van der Waals surface area (Å²) in [7, 11) is 0. The van der Waals surface area contributed by atoms with Gasteiger partial charge in [-0.1, -0.05) is 59.0 Å². The minimum atomic E-state index is -0.388. The van der Waals surface area contributed by atoms with E-state index in [1.807, 2.05) is 31.2 Å². The highest BCUT2D eigenvalue weighted by atomic mass is 32.2. The van der Waals surface area contributed by atoms with Crippen LogP contribution in [-0.4, -0.2) is 32.7 Å². The first-order valence-corrected chi connectivity index (χ1v) is 8.70. The second kappa shape index (κ2) is 7.20. The van der Waals surface area contributed by atoms with Crippen molar-refractivity contribution in [3.63, 3.8) is 0 Å². The summed E-state index contributed by atoms with van der Waals surface area (Å²) < 4.78 is 5.24. The van der Waals surface area contributed by atoms with Crippen molar-refractivity contribution in [3.05, 3.63) is 52.1 Å². The summed E-state index contributed by atoms with van der Waals surface area (Å²) in [6, 6.07) is 9.41. The van der Waals surface area contributed by atoms with Crippen molar-refractivity contribution >= 4 is 52.0 Å². The molecule has 1 N–H and O–H groups in total. The van der Waals surface area contributed by atoms with Crippen LogP contribution in [0.3, 0.4) is 0 Å². The molecule has 128 valence electrons. The van der Waals surface area contributed by atoms with Crippen molar-refractivity contribution in [2.24, 2.45) is 0 Å². The van der Waals surface area contributed by atoms with Gasteiger partial charge in [-0.05, 0) is 25.5 Å². The van der Waals surface area contributed by atoms with Gasteiger partial charge in [0, 0.05) is 6.07 Å². The normalized spacial score (nSPS) is 15.9. The van der Waals surface area contributed by atoms with Crippen LogP contribution < -0.4 is 5.32 Å². The molecular weight excluding hydrogens is 358 g/mol. The second-order valence-corrected chi connectivity index (χ2v) is 7.23. The molecule has 6 nitrogen and oxygen atoms in total. The molecule has 8 heteroatoms. The number of thiocarbonyl (C=S) groups is 1. The Morgan fingerprint density at radius 2 is 2.08 bits per heavy atom. The average molecular weight is 373 g/mol. The van der Waals surface area contributed by atoms with Crippen LogP contribution in [0.4, 0.5) is 5.82 Å². The lowest BCUT2D eigenvalue weighted by Gasteiger charge is -2.13. The van der Waals surface area contributed by atoms with Crippen LogP contribution >= 0.6 is 24.0 Å². The SMILES string of the molecule is Cc1ccc(C=C2SC(=S)N(CC(=O)Nc3cc(C)on3)C2=O)cc1. The monoisotopic (exact) mass is 373 g/mol. The Balaban J connectivity index is 1.68. The number of aromatic nitrogens is 1. The topological polar surface area (TPSA) is 75.4 Å². The molecule has 1 aliphatic heterocycles. The first kappa shape index (κ1) is 17.4. The summed E-state index contributed by atoms with van der Waals surface area (Å²) in [6.45, 7) is 3.56. The molecule has 1 aromatic carbocycles. The van der Waals surface area contributed by atoms with Gasteiger partial charge in [-0.2, -0.15) is 0 Å². The van der Waals surface area contributed by atoms with Crippen molar-refractivity contribution in [3.8, 4) is 0 Å². The van der Waals surface area contributed by atoms with E-state index in [1.165, 1.54) is 16.7 Å². The minimum Gasteiger partial charge on any atom is -0.360 e. The minimum absolute atomic E-state index is 0.165. The number of amides is 2. The van der Waals surface area contributed by atoms with E-state index in [9.17, 15) is 9.59 Å².